The monoisotopic (exact) mass is 304 g/mol. The molecular formula is C15H17ClN4O. The van der Waals surface area contributed by atoms with Crippen LogP contribution in [0, 0.1) is 6.92 Å². The minimum atomic E-state index is -0.317. The number of nitrogens with zero attached hydrogens (tertiary/aromatic N) is 2. The summed E-state index contributed by atoms with van der Waals surface area (Å²) in [6, 6.07) is 7.16. The van der Waals surface area contributed by atoms with E-state index in [-0.39, 0.29) is 16.7 Å². The number of hydrogen-bond donors (Lipinski definition) is 2. The maximum atomic E-state index is 12.3. The highest BCUT2D eigenvalue weighted by molar-refractivity contribution is 6.34. The van der Waals surface area contributed by atoms with Gasteiger partial charge in [-0.1, -0.05) is 17.7 Å². The number of pyridine rings is 1. The minimum Gasteiger partial charge on any atom is -0.384 e. The molecule has 0 saturated carbocycles. The molecular weight excluding hydrogens is 288 g/mol. The number of rotatable bonds is 3. The van der Waals surface area contributed by atoms with Gasteiger partial charge in [0.15, 0.2) is 0 Å². The van der Waals surface area contributed by atoms with Crippen LogP contribution >= 0.6 is 11.6 Å². The Kier molecular flexibility index (Phi) is 4.33. The Morgan fingerprint density at radius 2 is 2.05 bits per heavy atom. The molecule has 0 spiro atoms. The predicted molar refractivity (Wildman–Crippen MR) is 87.1 cm³/mol. The number of anilines is 3. The molecule has 3 N–H and O–H groups in total. The molecule has 0 fully saturated rings. The maximum Gasteiger partial charge on any atom is 0.257 e. The van der Waals surface area contributed by atoms with Gasteiger partial charge in [0.05, 0.1) is 10.6 Å². The number of hydrogen-bond acceptors (Lipinski definition) is 4. The van der Waals surface area contributed by atoms with Gasteiger partial charge in [0.1, 0.15) is 5.82 Å². The third kappa shape index (κ3) is 3.44. The zero-order valence-corrected chi connectivity index (χ0v) is 12.9. The number of nitrogens with one attached hydrogen (secondary N) is 1. The van der Waals surface area contributed by atoms with Gasteiger partial charge in [0.25, 0.3) is 5.91 Å². The van der Waals surface area contributed by atoms with Crippen molar-refractivity contribution in [1.29, 1.82) is 0 Å². The Morgan fingerprint density at radius 1 is 1.33 bits per heavy atom. The first-order chi connectivity index (χ1) is 9.88. The molecule has 5 nitrogen and oxygen atoms in total. The molecule has 1 aromatic carbocycles. The van der Waals surface area contributed by atoms with Gasteiger partial charge in [-0.25, -0.2) is 4.98 Å². The summed E-state index contributed by atoms with van der Waals surface area (Å²) in [6.45, 7) is 2.02. The second-order valence-corrected chi connectivity index (χ2v) is 5.35. The molecule has 6 heteroatoms. The number of nitrogen functional groups attached to an aromatic ring is 1. The summed E-state index contributed by atoms with van der Waals surface area (Å²) in [5, 5.41) is 3.08. The number of aromatic nitrogens is 1. The lowest BCUT2D eigenvalue weighted by atomic mass is 10.1. The van der Waals surface area contributed by atoms with E-state index in [1.165, 1.54) is 12.3 Å². The van der Waals surface area contributed by atoms with Gasteiger partial charge in [-0.3, -0.25) is 4.79 Å². The number of carbonyl (C=O) groups is 1. The fourth-order valence-corrected chi connectivity index (χ4v) is 2.19. The van der Waals surface area contributed by atoms with Crippen LogP contribution < -0.4 is 16.0 Å². The van der Waals surface area contributed by atoms with E-state index in [1.54, 1.807) is 0 Å². The SMILES string of the molecule is Cc1ccc(NC(=O)c2cc(N)ncc2Cl)cc1N(C)C. The summed E-state index contributed by atoms with van der Waals surface area (Å²) >= 11 is 5.98. The normalized spacial score (nSPS) is 10.3. The summed E-state index contributed by atoms with van der Waals surface area (Å²) in [7, 11) is 3.91. The third-order valence-corrected chi connectivity index (χ3v) is 3.37. The van der Waals surface area contributed by atoms with Gasteiger partial charge >= 0.3 is 0 Å². The molecule has 0 aliphatic heterocycles. The average Bonchev–Trinajstić information content (AvgIpc) is 2.43. The van der Waals surface area contributed by atoms with Crippen LogP contribution in [0.25, 0.3) is 0 Å². The number of benzene rings is 1. The Morgan fingerprint density at radius 3 is 2.71 bits per heavy atom. The minimum absolute atomic E-state index is 0.252. The second kappa shape index (κ2) is 6.01. The summed E-state index contributed by atoms with van der Waals surface area (Å²) in [4.78, 5) is 18.1. The van der Waals surface area contributed by atoms with E-state index in [4.69, 9.17) is 17.3 Å². The highest BCUT2D eigenvalue weighted by atomic mass is 35.5. The molecule has 2 rings (SSSR count). The largest absolute Gasteiger partial charge is 0.384 e. The van der Waals surface area contributed by atoms with E-state index in [2.05, 4.69) is 10.3 Å². The van der Waals surface area contributed by atoms with Crippen LogP contribution in [0.5, 0.6) is 0 Å². The number of aryl methyl sites for hydroxylation is 1. The Hall–Kier alpha value is -2.27. The van der Waals surface area contributed by atoms with Gasteiger partial charge in [-0.15, -0.1) is 0 Å². The molecule has 21 heavy (non-hydrogen) atoms. The Labute approximate surface area is 128 Å². The van der Waals surface area contributed by atoms with Crippen molar-refractivity contribution >= 4 is 34.7 Å². The molecule has 0 bridgehead atoms. The lowest BCUT2D eigenvalue weighted by Crippen LogP contribution is -2.15. The van der Waals surface area contributed by atoms with Crippen LogP contribution in [0.15, 0.2) is 30.5 Å². The van der Waals surface area contributed by atoms with E-state index < -0.39 is 0 Å². The fraction of sp³-hybridized carbons (Fsp3) is 0.200. The molecule has 1 amide bonds. The lowest BCUT2D eigenvalue weighted by molar-refractivity contribution is 0.102. The van der Waals surface area contributed by atoms with Crippen LogP contribution in [0.1, 0.15) is 15.9 Å². The van der Waals surface area contributed by atoms with Crippen molar-refractivity contribution in [2.24, 2.45) is 0 Å². The average molecular weight is 305 g/mol. The number of nitrogens with two attached hydrogens (primary N) is 1. The van der Waals surface area contributed by atoms with Gasteiger partial charge in [-0.05, 0) is 30.7 Å². The zero-order valence-electron chi connectivity index (χ0n) is 12.1. The Bertz CT molecular complexity index is 685. The molecule has 0 unspecified atom stereocenters. The zero-order chi connectivity index (χ0) is 15.6. The topological polar surface area (TPSA) is 71.2 Å². The molecule has 2 aromatic rings. The van der Waals surface area contributed by atoms with E-state index >= 15 is 0 Å². The van der Waals surface area contributed by atoms with Gasteiger partial charge in [-0.2, -0.15) is 0 Å². The lowest BCUT2D eigenvalue weighted by Gasteiger charge is -2.17. The molecule has 0 aliphatic carbocycles. The predicted octanol–water partition coefficient (Wildman–Crippen LogP) is 2.94. The van der Waals surface area contributed by atoms with Crippen LogP contribution in [0.3, 0.4) is 0 Å². The summed E-state index contributed by atoms with van der Waals surface area (Å²) in [6.07, 6.45) is 1.37. The summed E-state index contributed by atoms with van der Waals surface area (Å²) in [5.41, 5.74) is 8.75. The highest BCUT2D eigenvalue weighted by Gasteiger charge is 2.12. The van der Waals surface area contributed by atoms with Crippen molar-refractivity contribution in [3.8, 4) is 0 Å². The van der Waals surface area contributed by atoms with Crippen molar-refractivity contribution < 1.29 is 4.79 Å². The molecule has 0 radical (unpaired) electrons. The molecule has 0 aliphatic rings. The first-order valence-electron chi connectivity index (χ1n) is 6.39. The van der Waals surface area contributed by atoms with E-state index in [1.807, 2.05) is 44.1 Å². The van der Waals surface area contributed by atoms with Crippen molar-refractivity contribution in [3.05, 3.63) is 46.6 Å². The standard InChI is InChI=1S/C15H17ClN4O/c1-9-4-5-10(6-13(9)20(2)3)19-15(21)11-7-14(17)18-8-12(11)16/h4-8H,1-3H3,(H2,17,18)(H,19,21). The maximum absolute atomic E-state index is 12.3. The quantitative estimate of drug-likeness (QED) is 0.914. The molecule has 1 heterocycles. The first kappa shape index (κ1) is 15.1. The van der Waals surface area contributed by atoms with Gasteiger partial charge < -0.3 is 16.0 Å². The number of amides is 1. The van der Waals surface area contributed by atoms with Crippen molar-refractivity contribution in [1.82, 2.24) is 4.98 Å². The number of halogens is 1. The van der Waals surface area contributed by atoms with E-state index in [9.17, 15) is 4.79 Å². The smallest absolute Gasteiger partial charge is 0.257 e. The van der Waals surface area contributed by atoms with Gasteiger partial charge in [0, 0.05) is 31.7 Å². The van der Waals surface area contributed by atoms with E-state index in [0.717, 1.165) is 11.3 Å². The molecule has 0 saturated heterocycles. The Balaban J connectivity index is 2.27. The van der Waals surface area contributed by atoms with Crippen LogP contribution in [0.2, 0.25) is 5.02 Å². The van der Waals surface area contributed by atoms with E-state index in [0.29, 0.717) is 11.3 Å². The molecule has 0 atom stereocenters. The fourth-order valence-electron chi connectivity index (χ4n) is 2.00. The summed E-state index contributed by atoms with van der Waals surface area (Å²) < 4.78 is 0. The van der Waals surface area contributed by atoms with Gasteiger partial charge in [0.2, 0.25) is 0 Å². The van der Waals surface area contributed by atoms with Crippen LogP contribution in [0.4, 0.5) is 17.2 Å². The van der Waals surface area contributed by atoms with Crippen LogP contribution in [-0.2, 0) is 0 Å². The van der Waals surface area contributed by atoms with Crippen molar-refractivity contribution in [2.45, 2.75) is 6.92 Å². The molecule has 110 valence electrons. The molecule has 1 aromatic heterocycles. The third-order valence-electron chi connectivity index (χ3n) is 3.07. The van der Waals surface area contributed by atoms with Crippen molar-refractivity contribution in [3.63, 3.8) is 0 Å². The second-order valence-electron chi connectivity index (χ2n) is 4.94. The van der Waals surface area contributed by atoms with Crippen molar-refractivity contribution in [2.75, 3.05) is 30.0 Å². The first-order valence-corrected chi connectivity index (χ1v) is 6.76. The number of carbonyl (C=O) groups excluding carboxylic acids is 1. The highest BCUT2D eigenvalue weighted by Crippen LogP contribution is 2.24. The summed E-state index contributed by atoms with van der Waals surface area (Å²) in [5.74, 6) is -0.0647. The van der Waals surface area contributed by atoms with Crippen LogP contribution in [-0.4, -0.2) is 25.0 Å².